The normalized spacial score (nSPS) is 10.0. The predicted octanol–water partition coefficient (Wildman–Crippen LogP) is 3.05. The van der Waals surface area contributed by atoms with Crippen molar-refractivity contribution in [1.29, 1.82) is 0 Å². The molecule has 0 saturated carbocycles. The van der Waals surface area contributed by atoms with Gasteiger partial charge in [-0.05, 0) is 43.5 Å². The maximum atomic E-state index is 11.5. The fourth-order valence-electron chi connectivity index (χ4n) is 1.58. The van der Waals surface area contributed by atoms with Crippen LogP contribution in [-0.2, 0) is 4.79 Å². The van der Waals surface area contributed by atoms with Crippen LogP contribution >= 0.6 is 0 Å². The van der Waals surface area contributed by atoms with Gasteiger partial charge in [0.15, 0.2) is 0 Å². The number of benzene rings is 1. The third kappa shape index (κ3) is 2.99. The summed E-state index contributed by atoms with van der Waals surface area (Å²) in [5.74, 6) is 0.918. The topological polar surface area (TPSA) is 38.3 Å². The lowest BCUT2D eigenvalue weighted by atomic mass is 10.1. The van der Waals surface area contributed by atoms with E-state index < -0.39 is 0 Å². The van der Waals surface area contributed by atoms with Crippen molar-refractivity contribution < 1.29 is 9.53 Å². The van der Waals surface area contributed by atoms with Gasteiger partial charge in [-0.15, -0.1) is 0 Å². The molecule has 3 nitrogen and oxygen atoms in total. The minimum absolute atomic E-state index is 0.0650. The molecule has 1 rings (SSSR count). The summed E-state index contributed by atoms with van der Waals surface area (Å²) in [6, 6.07) is 3.89. The van der Waals surface area contributed by atoms with Gasteiger partial charge in [0.05, 0.1) is 7.11 Å². The third-order valence-corrected chi connectivity index (χ3v) is 2.49. The Hall–Kier alpha value is -1.51. The maximum absolute atomic E-state index is 11.5. The lowest BCUT2D eigenvalue weighted by Crippen LogP contribution is -2.11. The number of ether oxygens (including phenoxy) is 1. The smallest absolute Gasteiger partial charge is 0.224 e. The molecule has 3 heteroatoms. The van der Waals surface area contributed by atoms with Gasteiger partial charge >= 0.3 is 0 Å². The molecule has 16 heavy (non-hydrogen) atoms. The number of anilines is 1. The van der Waals surface area contributed by atoms with Gasteiger partial charge in [-0.3, -0.25) is 4.79 Å². The quantitative estimate of drug-likeness (QED) is 0.848. The Morgan fingerprint density at radius 3 is 2.56 bits per heavy atom. The lowest BCUT2D eigenvalue weighted by Gasteiger charge is -2.12. The number of aryl methyl sites for hydroxylation is 2. The molecule has 0 aliphatic heterocycles. The van der Waals surface area contributed by atoms with Crippen molar-refractivity contribution in [3.63, 3.8) is 0 Å². The van der Waals surface area contributed by atoms with Crippen molar-refractivity contribution in [2.75, 3.05) is 12.4 Å². The zero-order chi connectivity index (χ0) is 12.1. The van der Waals surface area contributed by atoms with Crippen molar-refractivity contribution >= 4 is 11.6 Å². The Balaban J connectivity index is 2.89. The summed E-state index contributed by atoms with van der Waals surface area (Å²) < 4.78 is 5.22. The minimum atomic E-state index is 0.0650. The van der Waals surface area contributed by atoms with Crippen LogP contribution < -0.4 is 10.1 Å². The molecule has 0 radical (unpaired) electrons. The Bertz CT molecular complexity index is 386. The van der Waals surface area contributed by atoms with Crippen molar-refractivity contribution in [1.82, 2.24) is 0 Å². The molecule has 0 aromatic heterocycles. The van der Waals surface area contributed by atoms with Gasteiger partial charge < -0.3 is 10.1 Å². The van der Waals surface area contributed by atoms with Crippen molar-refractivity contribution in [2.24, 2.45) is 0 Å². The van der Waals surface area contributed by atoms with Gasteiger partial charge in [-0.25, -0.2) is 0 Å². The fourth-order valence-corrected chi connectivity index (χ4v) is 1.58. The predicted molar refractivity (Wildman–Crippen MR) is 66.0 cm³/mol. The first kappa shape index (κ1) is 12.6. The summed E-state index contributed by atoms with van der Waals surface area (Å²) in [6.45, 7) is 5.92. The van der Waals surface area contributed by atoms with E-state index in [2.05, 4.69) is 5.32 Å². The number of hydrogen-bond donors (Lipinski definition) is 1. The van der Waals surface area contributed by atoms with Gasteiger partial charge in [0.25, 0.3) is 0 Å². The molecular formula is C13H19NO2. The van der Waals surface area contributed by atoms with Crippen LogP contribution in [0, 0.1) is 13.8 Å². The van der Waals surface area contributed by atoms with Gasteiger partial charge in [0.2, 0.25) is 5.91 Å². The van der Waals surface area contributed by atoms with E-state index in [-0.39, 0.29) is 5.91 Å². The molecule has 1 aromatic rings. The second-order valence-corrected chi connectivity index (χ2v) is 3.93. The summed E-state index contributed by atoms with van der Waals surface area (Å²) in [4.78, 5) is 11.5. The van der Waals surface area contributed by atoms with Crippen LogP contribution in [0.15, 0.2) is 12.1 Å². The first-order valence-corrected chi connectivity index (χ1v) is 5.53. The standard InChI is InChI=1S/C13H19NO2/c1-5-6-13(15)14-11-7-10(3)12(16-4)8-9(11)2/h7-8H,5-6H2,1-4H3,(H,14,15). The van der Waals surface area contributed by atoms with Gasteiger partial charge in [0.1, 0.15) is 5.75 Å². The maximum Gasteiger partial charge on any atom is 0.224 e. The number of carbonyl (C=O) groups is 1. The highest BCUT2D eigenvalue weighted by molar-refractivity contribution is 5.91. The van der Waals surface area contributed by atoms with E-state index in [1.807, 2.05) is 32.9 Å². The first-order valence-electron chi connectivity index (χ1n) is 5.53. The second-order valence-electron chi connectivity index (χ2n) is 3.93. The largest absolute Gasteiger partial charge is 0.496 e. The number of hydrogen-bond acceptors (Lipinski definition) is 2. The zero-order valence-electron chi connectivity index (χ0n) is 10.4. The van der Waals surface area contributed by atoms with Crippen molar-refractivity contribution in [3.05, 3.63) is 23.3 Å². The molecule has 0 aliphatic carbocycles. The minimum Gasteiger partial charge on any atom is -0.496 e. The van der Waals surface area contributed by atoms with E-state index in [4.69, 9.17) is 4.74 Å². The van der Waals surface area contributed by atoms with Crippen LogP contribution in [0.25, 0.3) is 0 Å². The van der Waals surface area contributed by atoms with Crippen LogP contribution in [0.1, 0.15) is 30.9 Å². The van der Waals surface area contributed by atoms with Crippen LogP contribution in [0.3, 0.4) is 0 Å². The molecule has 0 aliphatic rings. The van der Waals surface area contributed by atoms with E-state index >= 15 is 0 Å². The molecule has 1 aromatic carbocycles. The molecule has 1 amide bonds. The highest BCUT2D eigenvalue weighted by Gasteiger charge is 2.07. The molecule has 0 spiro atoms. The number of methoxy groups -OCH3 is 1. The highest BCUT2D eigenvalue weighted by atomic mass is 16.5. The summed E-state index contributed by atoms with van der Waals surface area (Å²) >= 11 is 0. The Labute approximate surface area is 96.8 Å². The monoisotopic (exact) mass is 221 g/mol. The summed E-state index contributed by atoms with van der Waals surface area (Å²) in [7, 11) is 1.65. The second kappa shape index (κ2) is 5.54. The van der Waals surface area contributed by atoms with E-state index in [0.29, 0.717) is 6.42 Å². The molecule has 0 atom stereocenters. The first-order chi connectivity index (χ1) is 7.58. The molecule has 0 saturated heterocycles. The van der Waals surface area contributed by atoms with E-state index in [0.717, 1.165) is 29.0 Å². The van der Waals surface area contributed by atoms with Crippen LogP contribution in [0.5, 0.6) is 5.75 Å². The number of amides is 1. The molecule has 0 unspecified atom stereocenters. The van der Waals surface area contributed by atoms with Gasteiger partial charge in [-0.1, -0.05) is 6.92 Å². The molecule has 0 fully saturated rings. The van der Waals surface area contributed by atoms with Crippen LogP contribution in [0.4, 0.5) is 5.69 Å². The van der Waals surface area contributed by atoms with Crippen LogP contribution in [-0.4, -0.2) is 13.0 Å². The lowest BCUT2D eigenvalue weighted by molar-refractivity contribution is -0.116. The van der Waals surface area contributed by atoms with Gasteiger partial charge in [0, 0.05) is 12.1 Å². The van der Waals surface area contributed by atoms with E-state index in [9.17, 15) is 4.79 Å². The summed E-state index contributed by atoms with van der Waals surface area (Å²) in [5.41, 5.74) is 2.92. The Morgan fingerprint density at radius 1 is 1.31 bits per heavy atom. The average molecular weight is 221 g/mol. The molecule has 0 bridgehead atoms. The summed E-state index contributed by atoms with van der Waals surface area (Å²) in [6.07, 6.45) is 1.42. The average Bonchev–Trinajstić information content (AvgIpc) is 2.23. The van der Waals surface area contributed by atoms with Gasteiger partial charge in [-0.2, -0.15) is 0 Å². The fraction of sp³-hybridized carbons (Fsp3) is 0.462. The van der Waals surface area contributed by atoms with Crippen molar-refractivity contribution in [2.45, 2.75) is 33.6 Å². The number of carbonyl (C=O) groups excluding carboxylic acids is 1. The zero-order valence-corrected chi connectivity index (χ0v) is 10.4. The Morgan fingerprint density at radius 2 is 2.00 bits per heavy atom. The third-order valence-electron chi connectivity index (χ3n) is 2.49. The van der Waals surface area contributed by atoms with E-state index in [1.165, 1.54) is 0 Å². The highest BCUT2D eigenvalue weighted by Crippen LogP contribution is 2.25. The van der Waals surface area contributed by atoms with Crippen molar-refractivity contribution in [3.8, 4) is 5.75 Å². The summed E-state index contributed by atoms with van der Waals surface area (Å²) in [5, 5.41) is 2.91. The molecule has 0 heterocycles. The number of rotatable bonds is 4. The molecule has 1 N–H and O–H groups in total. The Kier molecular flexibility index (Phi) is 4.35. The molecule has 88 valence electrons. The SMILES string of the molecule is CCCC(=O)Nc1cc(C)c(OC)cc1C. The molecular weight excluding hydrogens is 202 g/mol. The number of nitrogens with one attached hydrogen (secondary N) is 1. The van der Waals surface area contributed by atoms with Crippen LogP contribution in [0.2, 0.25) is 0 Å². The van der Waals surface area contributed by atoms with E-state index in [1.54, 1.807) is 7.11 Å².